The van der Waals surface area contributed by atoms with E-state index in [-0.39, 0.29) is 23.7 Å². The SMILES string of the molecule is CCC(C)C(N)C(=O)N1CCC(C(=O)NCCc2cccs2)CC1. The molecule has 5 nitrogen and oxygen atoms in total. The molecule has 0 radical (unpaired) electrons. The highest BCUT2D eigenvalue weighted by atomic mass is 32.1. The lowest BCUT2D eigenvalue weighted by molar-refractivity contribution is -0.137. The number of piperidine rings is 1. The van der Waals surface area contributed by atoms with Crippen molar-refractivity contribution < 1.29 is 9.59 Å². The molecule has 6 heteroatoms. The van der Waals surface area contributed by atoms with Crippen molar-refractivity contribution >= 4 is 23.2 Å². The van der Waals surface area contributed by atoms with Crippen molar-refractivity contribution in [3.05, 3.63) is 22.4 Å². The van der Waals surface area contributed by atoms with Gasteiger partial charge in [0.25, 0.3) is 0 Å². The van der Waals surface area contributed by atoms with Gasteiger partial charge in [-0.3, -0.25) is 9.59 Å². The predicted octanol–water partition coefficient (Wildman–Crippen LogP) is 2.02. The summed E-state index contributed by atoms with van der Waals surface area (Å²) >= 11 is 1.71. The number of rotatable bonds is 7. The van der Waals surface area contributed by atoms with E-state index in [0.717, 1.165) is 25.7 Å². The van der Waals surface area contributed by atoms with E-state index in [1.807, 2.05) is 30.2 Å². The molecule has 24 heavy (non-hydrogen) atoms. The van der Waals surface area contributed by atoms with Crippen LogP contribution in [0.25, 0.3) is 0 Å². The molecule has 0 bridgehead atoms. The molecule has 0 aliphatic carbocycles. The molecular formula is C18H29N3O2S. The second-order valence-corrected chi connectivity index (χ2v) is 7.66. The highest BCUT2D eigenvalue weighted by molar-refractivity contribution is 7.09. The fourth-order valence-corrected chi connectivity index (χ4v) is 3.69. The van der Waals surface area contributed by atoms with E-state index in [1.165, 1.54) is 4.88 Å². The van der Waals surface area contributed by atoms with E-state index in [9.17, 15) is 9.59 Å². The Bertz CT molecular complexity index is 524. The van der Waals surface area contributed by atoms with Crippen molar-refractivity contribution in [1.29, 1.82) is 0 Å². The standard InChI is InChI=1S/C18H29N3O2S/c1-3-13(2)16(19)18(23)21-10-7-14(8-11-21)17(22)20-9-6-15-5-4-12-24-15/h4-5,12-14,16H,3,6-11,19H2,1-2H3,(H,20,22). The van der Waals surface area contributed by atoms with Crippen LogP contribution in [-0.2, 0) is 16.0 Å². The summed E-state index contributed by atoms with van der Waals surface area (Å²) in [6, 6.07) is 3.69. The number of nitrogens with two attached hydrogens (primary N) is 1. The van der Waals surface area contributed by atoms with Gasteiger partial charge < -0.3 is 16.0 Å². The maximum atomic E-state index is 12.4. The molecule has 134 valence electrons. The number of likely N-dealkylation sites (tertiary alicyclic amines) is 1. The number of hydrogen-bond donors (Lipinski definition) is 2. The third kappa shape index (κ3) is 5.05. The van der Waals surface area contributed by atoms with E-state index in [4.69, 9.17) is 5.73 Å². The minimum Gasteiger partial charge on any atom is -0.355 e. The Hall–Kier alpha value is -1.40. The fourth-order valence-electron chi connectivity index (χ4n) is 2.98. The molecule has 1 aliphatic rings. The topological polar surface area (TPSA) is 75.4 Å². The summed E-state index contributed by atoms with van der Waals surface area (Å²) in [6.07, 6.45) is 3.23. The smallest absolute Gasteiger partial charge is 0.239 e. The van der Waals surface area contributed by atoms with Gasteiger partial charge in [-0.2, -0.15) is 0 Å². The molecule has 2 heterocycles. The second kappa shape index (κ2) is 9.18. The second-order valence-electron chi connectivity index (χ2n) is 6.63. The number of hydrogen-bond acceptors (Lipinski definition) is 4. The Morgan fingerprint density at radius 2 is 2.12 bits per heavy atom. The zero-order valence-electron chi connectivity index (χ0n) is 14.7. The summed E-state index contributed by atoms with van der Waals surface area (Å²) in [7, 11) is 0. The van der Waals surface area contributed by atoms with Gasteiger partial charge in [0.05, 0.1) is 6.04 Å². The van der Waals surface area contributed by atoms with Crippen LogP contribution in [-0.4, -0.2) is 42.4 Å². The first-order valence-corrected chi connectivity index (χ1v) is 9.75. The minimum atomic E-state index is -0.425. The molecule has 3 N–H and O–H groups in total. The summed E-state index contributed by atoms with van der Waals surface area (Å²) in [5.41, 5.74) is 6.04. The number of carbonyl (C=O) groups is 2. The molecule has 1 saturated heterocycles. The van der Waals surface area contributed by atoms with Crippen LogP contribution in [0.15, 0.2) is 17.5 Å². The number of nitrogens with one attached hydrogen (secondary N) is 1. The van der Waals surface area contributed by atoms with E-state index >= 15 is 0 Å². The monoisotopic (exact) mass is 351 g/mol. The molecule has 0 spiro atoms. The zero-order chi connectivity index (χ0) is 17.5. The molecular weight excluding hydrogens is 322 g/mol. The van der Waals surface area contributed by atoms with E-state index < -0.39 is 6.04 Å². The average molecular weight is 352 g/mol. The van der Waals surface area contributed by atoms with E-state index in [1.54, 1.807) is 11.3 Å². The molecule has 2 atom stereocenters. The Kier molecular flexibility index (Phi) is 7.24. The Morgan fingerprint density at radius 1 is 1.42 bits per heavy atom. The largest absolute Gasteiger partial charge is 0.355 e. The van der Waals surface area contributed by atoms with Crippen LogP contribution in [0, 0.1) is 11.8 Å². The minimum absolute atomic E-state index is 0.0113. The molecule has 1 fully saturated rings. The molecule has 1 aromatic rings. The van der Waals surface area contributed by atoms with Crippen LogP contribution in [0.4, 0.5) is 0 Å². The van der Waals surface area contributed by atoms with Gasteiger partial charge in [0, 0.05) is 30.4 Å². The van der Waals surface area contributed by atoms with Gasteiger partial charge in [-0.1, -0.05) is 26.3 Å². The van der Waals surface area contributed by atoms with Crippen LogP contribution in [0.1, 0.15) is 38.0 Å². The first-order chi connectivity index (χ1) is 11.5. The Balaban J connectivity index is 1.71. The first-order valence-electron chi connectivity index (χ1n) is 8.87. The molecule has 0 aromatic carbocycles. The first kappa shape index (κ1) is 18.9. The normalized spacial score (nSPS) is 18.2. The third-order valence-corrected chi connectivity index (χ3v) is 5.91. The van der Waals surface area contributed by atoms with Crippen LogP contribution in [0.5, 0.6) is 0 Å². The molecule has 2 amide bonds. The van der Waals surface area contributed by atoms with Crippen molar-refractivity contribution in [1.82, 2.24) is 10.2 Å². The van der Waals surface area contributed by atoms with Crippen molar-refractivity contribution in [2.45, 2.75) is 45.6 Å². The van der Waals surface area contributed by atoms with Gasteiger partial charge in [-0.25, -0.2) is 0 Å². The average Bonchev–Trinajstić information content (AvgIpc) is 3.13. The van der Waals surface area contributed by atoms with Crippen LogP contribution >= 0.6 is 11.3 Å². The molecule has 2 rings (SSSR count). The predicted molar refractivity (Wildman–Crippen MR) is 97.8 cm³/mol. The van der Waals surface area contributed by atoms with Crippen LogP contribution < -0.4 is 11.1 Å². The summed E-state index contributed by atoms with van der Waals surface area (Å²) < 4.78 is 0. The Labute approximate surface area is 148 Å². The van der Waals surface area contributed by atoms with E-state index in [2.05, 4.69) is 11.4 Å². The number of nitrogens with zero attached hydrogens (tertiary/aromatic N) is 1. The lowest BCUT2D eigenvalue weighted by atomic mass is 9.93. The molecule has 0 saturated carbocycles. The van der Waals surface area contributed by atoms with Crippen LogP contribution in [0.2, 0.25) is 0 Å². The maximum absolute atomic E-state index is 12.4. The summed E-state index contributed by atoms with van der Waals surface area (Å²) in [5, 5.41) is 5.07. The maximum Gasteiger partial charge on any atom is 0.239 e. The van der Waals surface area contributed by atoms with Crippen molar-refractivity contribution in [2.24, 2.45) is 17.6 Å². The molecule has 1 aliphatic heterocycles. The highest BCUT2D eigenvalue weighted by Crippen LogP contribution is 2.19. The summed E-state index contributed by atoms with van der Waals surface area (Å²) in [6.45, 7) is 6.00. The lowest BCUT2D eigenvalue weighted by Gasteiger charge is -2.34. The van der Waals surface area contributed by atoms with Gasteiger partial charge in [0.2, 0.25) is 11.8 Å². The number of thiophene rings is 1. The fraction of sp³-hybridized carbons (Fsp3) is 0.667. The molecule has 2 unspecified atom stereocenters. The van der Waals surface area contributed by atoms with Gasteiger partial charge in [-0.15, -0.1) is 11.3 Å². The number of amides is 2. The number of carbonyl (C=O) groups excluding carboxylic acids is 2. The summed E-state index contributed by atoms with van der Waals surface area (Å²) in [5.74, 6) is 0.346. The third-order valence-electron chi connectivity index (χ3n) is 4.97. The summed E-state index contributed by atoms with van der Waals surface area (Å²) in [4.78, 5) is 27.7. The zero-order valence-corrected chi connectivity index (χ0v) is 15.5. The van der Waals surface area contributed by atoms with Gasteiger partial charge in [0.1, 0.15) is 0 Å². The van der Waals surface area contributed by atoms with Crippen molar-refractivity contribution in [2.75, 3.05) is 19.6 Å². The van der Waals surface area contributed by atoms with Crippen molar-refractivity contribution in [3.8, 4) is 0 Å². The lowest BCUT2D eigenvalue weighted by Crippen LogP contribution is -2.51. The van der Waals surface area contributed by atoms with Gasteiger partial charge in [0.15, 0.2) is 0 Å². The van der Waals surface area contributed by atoms with Crippen molar-refractivity contribution in [3.63, 3.8) is 0 Å². The Morgan fingerprint density at radius 3 is 2.71 bits per heavy atom. The quantitative estimate of drug-likeness (QED) is 0.789. The van der Waals surface area contributed by atoms with Crippen LogP contribution in [0.3, 0.4) is 0 Å². The van der Waals surface area contributed by atoms with Gasteiger partial charge in [-0.05, 0) is 36.6 Å². The van der Waals surface area contributed by atoms with Gasteiger partial charge >= 0.3 is 0 Å². The van der Waals surface area contributed by atoms with E-state index in [0.29, 0.717) is 19.6 Å². The molecule has 1 aromatic heterocycles. The highest BCUT2D eigenvalue weighted by Gasteiger charge is 2.30.